The molecule has 1 saturated heterocycles. The minimum atomic E-state index is -0.647. The fraction of sp³-hybridized carbons (Fsp3) is 0.529. The van der Waals surface area contributed by atoms with Crippen LogP contribution in [0.25, 0.3) is 0 Å². The first-order valence-electron chi connectivity index (χ1n) is 8.17. The lowest BCUT2D eigenvalue weighted by atomic mass is 10.1. The van der Waals surface area contributed by atoms with Gasteiger partial charge in [0.05, 0.1) is 30.8 Å². The van der Waals surface area contributed by atoms with Crippen molar-refractivity contribution in [3.8, 4) is 0 Å². The molecule has 0 saturated carbocycles. The number of halogens is 3. The van der Waals surface area contributed by atoms with Crippen molar-refractivity contribution < 1.29 is 18.7 Å². The van der Waals surface area contributed by atoms with Gasteiger partial charge in [-0.1, -0.05) is 31.5 Å². The lowest BCUT2D eigenvalue weighted by Gasteiger charge is -2.33. The van der Waals surface area contributed by atoms with Crippen molar-refractivity contribution in [3.63, 3.8) is 0 Å². The van der Waals surface area contributed by atoms with E-state index in [1.807, 2.05) is 13.8 Å². The lowest BCUT2D eigenvalue weighted by Crippen LogP contribution is -2.50. The maximum atomic E-state index is 13.3. The van der Waals surface area contributed by atoms with E-state index in [-0.39, 0.29) is 47.8 Å². The van der Waals surface area contributed by atoms with Gasteiger partial charge in [-0.3, -0.25) is 9.59 Å². The second-order valence-corrected chi connectivity index (χ2v) is 6.77. The number of nitrogens with one attached hydrogen (secondary N) is 1. The topological polar surface area (TPSA) is 84.7 Å². The van der Waals surface area contributed by atoms with E-state index >= 15 is 0 Å². The van der Waals surface area contributed by atoms with Crippen molar-refractivity contribution in [2.24, 2.45) is 11.7 Å². The number of hydrogen-bond donors (Lipinski definition) is 2. The van der Waals surface area contributed by atoms with E-state index in [0.717, 1.165) is 0 Å². The van der Waals surface area contributed by atoms with Crippen LogP contribution >= 0.6 is 24.0 Å². The Kier molecular flexibility index (Phi) is 8.76. The summed E-state index contributed by atoms with van der Waals surface area (Å²) in [6, 6.07) is 3.71. The van der Waals surface area contributed by atoms with Crippen molar-refractivity contribution in [1.29, 1.82) is 0 Å². The van der Waals surface area contributed by atoms with Gasteiger partial charge < -0.3 is 20.7 Å². The van der Waals surface area contributed by atoms with E-state index < -0.39 is 11.9 Å². The molecular formula is C17H24Cl2FN3O3. The number of amides is 2. The van der Waals surface area contributed by atoms with Gasteiger partial charge >= 0.3 is 0 Å². The first kappa shape index (κ1) is 22.6. The molecule has 1 fully saturated rings. The molecule has 26 heavy (non-hydrogen) atoms. The van der Waals surface area contributed by atoms with Gasteiger partial charge in [-0.25, -0.2) is 4.39 Å². The summed E-state index contributed by atoms with van der Waals surface area (Å²) in [5.41, 5.74) is 6.45. The van der Waals surface area contributed by atoms with Crippen LogP contribution in [0.5, 0.6) is 0 Å². The molecule has 1 heterocycles. The summed E-state index contributed by atoms with van der Waals surface area (Å²) in [5.74, 6) is -1.08. The zero-order valence-corrected chi connectivity index (χ0v) is 16.3. The third kappa shape index (κ3) is 5.81. The molecule has 0 bridgehead atoms. The van der Waals surface area contributed by atoms with Crippen molar-refractivity contribution in [2.45, 2.75) is 26.0 Å². The summed E-state index contributed by atoms with van der Waals surface area (Å²) < 4.78 is 18.9. The summed E-state index contributed by atoms with van der Waals surface area (Å²) in [6.07, 6.45) is -0.385. The van der Waals surface area contributed by atoms with Crippen LogP contribution in [-0.2, 0) is 14.3 Å². The summed E-state index contributed by atoms with van der Waals surface area (Å²) in [6.45, 7) is 4.66. The highest BCUT2D eigenvalue weighted by Crippen LogP contribution is 2.26. The lowest BCUT2D eigenvalue weighted by molar-refractivity contribution is -0.139. The molecule has 2 rings (SSSR count). The van der Waals surface area contributed by atoms with Crippen LogP contribution < -0.4 is 11.1 Å². The van der Waals surface area contributed by atoms with Gasteiger partial charge in [-0.2, -0.15) is 0 Å². The van der Waals surface area contributed by atoms with Gasteiger partial charge in [-0.15, -0.1) is 12.4 Å². The molecular weight excluding hydrogens is 384 g/mol. The van der Waals surface area contributed by atoms with Crippen molar-refractivity contribution >= 4 is 35.8 Å². The zero-order valence-electron chi connectivity index (χ0n) is 14.7. The molecule has 0 spiro atoms. The van der Waals surface area contributed by atoms with E-state index in [2.05, 4.69) is 5.32 Å². The summed E-state index contributed by atoms with van der Waals surface area (Å²) in [5, 5.41) is 2.58. The standard InChI is InChI=1S/C17H23ClFN3O3.ClH/c1-10(2)16(20)17(24)21-8-15(23)22-5-6-25-14(9-22)11-3-4-13(19)12(18)7-11;/h3-4,7,10,14,16H,5-6,8-9,20H2,1-2H3,(H,21,24);1H/t14?,16-;/m0./s1. The average molecular weight is 408 g/mol. The first-order valence-corrected chi connectivity index (χ1v) is 8.55. The Balaban J connectivity index is 0.00000338. The van der Waals surface area contributed by atoms with Crippen molar-refractivity contribution in [2.75, 3.05) is 26.2 Å². The molecule has 3 N–H and O–H groups in total. The molecule has 1 unspecified atom stereocenters. The molecule has 2 atom stereocenters. The second-order valence-electron chi connectivity index (χ2n) is 6.36. The molecule has 1 aliphatic rings. The van der Waals surface area contributed by atoms with Crippen LogP contribution in [0.15, 0.2) is 18.2 Å². The van der Waals surface area contributed by atoms with Gasteiger partial charge in [0.25, 0.3) is 0 Å². The summed E-state index contributed by atoms with van der Waals surface area (Å²) >= 11 is 5.80. The Morgan fingerprint density at radius 1 is 1.46 bits per heavy atom. The maximum absolute atomic E-state index is 13.3. The minimum Gasteiger partial charge on any atom is -0.370 e. The Morgan fingerprint density at radius 2 is 2.15 bits per heavy atom. The van der Waals surface area contributed by atoms with E-state index in [4.69, 9.17) is 22.1 Å². The number of carbonyl (C=O) groups is 2. The number of hydrogen-bond acceptors (Lipinski definition) is 4. The van der Waals surface area contributed by atoms with Crippen LogP contribution in [0.4, 0.5) is 4.39 Å². The van der Waals surface area contributed by atoms with Gasteiger partial charge in [-0.05, 0) is 23.6 Å². The smallest absolute Gasteiger partial charge is 0.242 e. The Hall–Kier alpha value is -1.41. The second kappa shape index (κ2) is 10.1. The van der Waals surface area contributed by atoms with Crippen molar-refractivity contribution in [3.05, 3.63) is 34.6 Å². The van der Waals surface area contributed by atoms with E-state index in [0.29, 0.717) is 25.3 Å². The number of nitrogens with zero attached hydrogens (tertiary/aromatic N) is 1. The minimum absolute atomic E-state index is 0. The molecule has 0 aliphatic carbocycles. The SMILES string of the molecule is CC(C)[C@H](N)C(=O)NCC(=O)N1CCOC(c2ccc(F)c(Cl)c2)C1.Cl. The number of benzene rings is 1. The number of ether oxygens (including phenoxy) is 1. The fourth-order valence-corrected chi connectivity index (χ4v) is 2.67. The fourth-order valence-electron chi connectivity index (χ4n) is 2.49. The highest BCUT2D eigenvalue weighted by molar-refractivity contribution is 6.30. The molecule has 9 heteroatoms. The van der Waals surface area contributed by atoms with Gasteiger partial charge in [0.2, 0.25) is 11.8 Å². The predicted octanol–water partition coefficient (Wildman–Crippen LogP) is 1.90. The molecule has 146 valence electrons. The molecule has 0 radical (unpaired) electrons. The highest BCUT2D eigenvalue weighted by Gasteiger charge is 2.26. The summed E-state index contributed by atoms with van der Waals surface area (Å²) in [4.78, 5) is 25.8. The zero-order chi connectivity index (χ0) is 18.6. The predicted molar refractivity (Wildman–Crippen MR) is 99.8 cm³/mol. The Morgan fingerprint density at radius 3 is 2.77 bits per heavy atom. The monoisotopic (exact) mass is 407 g/mol. The highest BCUT2D eigenvalue weighted by atomic mass is 35.5. The van der Waals surface area contributed by atoms with Crippen LogP contribution in [-0.4, -0.2) is 49.0 Å². The molecule has 0 aromatic heterocycles. The quantitative estimate of drug-likeness (QED) is 0.780. The third-order valence-corrected chi connectivity index (χ3v) is 4.46. The average Bonchev–Trinajstić information content (AvgIpc) is 2.61. The molecule has 2 amide bonds. The van der Waals surface area contributed by atoms with Crippen LogP contribution in [0, 0.1) is 11.7 Å². The van der Waals surface area contributed by atoms with Crippen LogP contribution in [0.2, 0.25) is 5.02 Å². The van der Waals surface area contributed by atoms with Crippen LogP contribution in [0.3, 0.4) is 0 Å². The molecule has 1 aliphatic heterocycles. The molecule has 6 nitrogen and oxygen atoms in total. The normalized spacial score (nSPS) is 18.2. The first-order chi connectivity index (χ1) is 11.8. The number of carbonyl (C=O) groups excluding carboxylic acids is 2. The Bertz CT molecular complexity index is 646. The summed E-state index contributed by atoms with van der Waals surface area (Å²) in [7, 11) is 0. The van der Waals surface area contributed by atoms with Crippen LogP contribution in [0.1, 0.15) is 25.5 Å². The van der Waals surface area contributed by atoms with Gasteiger partial charge in [0.15, 0.2) is 0 Å². The number of nitrogens with two attached hydrogens (primary N) is 1. The van der Waals surface area contributed by atoms with E-state index in [9.17, 15) is 14.0 Å². The third-order valence-electron chi connectivity index (χ3n) is 4.17. The Labute approximate surface area is 163 Å². The molecule has 1 aromatic rings. The van der Waals surface area contributed by atoms with E-state index in [1.54, 1.807) is 11.0 Å². The van der Waals surface area contributed by atoms with Gasteiger partial charge in [0.1, 0.15) is 11.9 Å². The number of morpholine rings is 1. The maximum Gasteiger partial charge on any atom is 0.242 e. The van der Waals surface area contributed by atoms with Gasteiger partial charge in [0, 0.05) is 6.54 Å². The van der Waals surface area contributed by atoms with E-state index in [1.165, 1.54) is 12.1 Å². The molecule has 1 aromatic carbocycles. The van der Waals surface area contributed by atoms with Crippen molar-refractivity contribution in [1.82, 2.24) is 10.2 Å². The number of rotatable bonds is 5. The largest absolute Gasteiger partial charge is 0.370 e.